The minimum Gasteiger partial charge on any atom is -0.480 e. The predicted octanol–water partition coefficient (Wildman–Crippen LogP) is 2.09. The van der Waals surface area contributed by atoms with Crippen molar-refractivity contribution in [1.29, 1.82) is 0 Å². The topological polar surface area (TPSA) is 60.2 Å². The maximum Gasteiger partial charge on any atom is 0.237 e. The van der Waals surface area contributed by atoms with E-state index in [2.05, 4.69) is 15.3 Å². The zero-order valence-electron chi connectivity index (χ0n) is 10.8. The summed E-state index contributed by atoms with van der Waals surface area (Å²) in [6.07, 6.45) is 5.01. The lowest BCUT2D eigenvalue weighted by molar-refractivity contribution is 0.382. The van der Waals surface area contributed by atoms with Crippen molar-refractivity contribution in [3.63, 3.8) is 0 Å². The lowest BCUT2D eigenvalue weighted by Crippen LogP contribution is -2.23. The van der Waals surface area contributed by atoms with Gasteiger partial charge in [0.15, 0.2) is 0 Å². The summed E-state index contributed by atoms with van der Waals surface area (Å²) in [5, 5.41) is 3.36. The van der Waals surface area contributed by atoms with E-state index < -0.39 is 0 Å². The standard InChI is InChI=1S/C13H17N3O2/c1-4-14-11(10-7-9(2)18-8-10)12-13(17-3)16-6-5-15-12/h5-8,11,14H,4H2,1-3H3. The van der Waals surface area contributed by atoms with Gasteiger partial charge in [-0.05, 0) is 19.5 Å². The quantitative estimate of drug-likeness (QED) is 0.876. The molecular weight excluding hydrogens is 230 g/mol. The van der Waals surface area contributed by atoms with Crippen LogP contribution in [0.25, 0.3) is 0 Å². The Bertz CT molecular complexity index is 510. The number of ether oxygens (including phenoxy) is 1. The van der Waals surface area contributed by atoms with Crippen LogP contribution in [0.4, 0.5) is 0 Å². The molecule has 0 fully saturated rings. The zero-order chi connectivity index (χ0) is 13.0. The molecule has 2 heterocycles. The Balaban J connectivity index is 2.41. The number of nitrogens with zero attached hydrogens (tertiary/aromatic N) is 2. The smallest absolute Gasteiger partial charge is 0.237 e. The summed E-state index contributed by atoms with van der Waals surface area (Å²) in [5.74, 6) is 1.40. The summed E-state index contributed by atoms with van der Waals surface area (Å²) in [6, 6.07) is 1.91. The van der Waals surface area contributed by atoms with E-state index in [-0.39, 0.29) is 6.04 Å². The van der Waals surface area contributed by atoms with Gasteiger partial charge in [0.2, 0.25) is 5.88 Å². The van der Waals surface area contributed by atoms with Gasteiger partial charge in [-0.2, -0.15) is 0 Å². The molecule has 5 heteroatoms. The molecule has 0 aromatic carbocycles. The van der Waals surface area contributed by atoms with Crippen molar-refractivity contribution in [3.05, 3.63) is 41.7 Å². The van der Waals surface area contributed by atoms with Crippen LogP contribution in [0.3, 0.4) is 0 Å². The van der Waals surface area contributed by atoms with Gasteiger partial charge in [-0.1, -0.05) is 6.92 Å². The van der Waals surface area contributed by atoms with Crippen molar-refractivity contribution in [2.45, 2.75) is 19.9 Å². The first-order chi connectivity index (χ1) is 8.76. The lowest BCUT2D eigenvalue weighted by Gasteiger charge is -2.17. The largest absolute Gasteiger partial charge is 0.480 e. The van der Waals surface area contributed by atoms with E-state index in [1.807, 2.05) is 19.9 Å². The molecular formula is C13H17N3O2. The molecule has 0 radical (unpaired) electrons. The summed E-state index contributed by atoms with van der Waals surface area (Å²) >= 11 is 0. The van der Waals surface area contributed by atoms with Gasteiger partial charge < -0.3 is 14.5 Å². The Morgan fingerprint density at radius 3 is 2.78 bits per heavy atom. The Morgan fingerprint density at radius 1 is 1.39 bits per heavy atom. The highest BCUT2D eigenvalue weighted by atomic mass is 16.5. The van der Waals surface area contributed by atoms with E-state index in [1.165, 1.54) is 0 Å². The summed E-state index contributed by atoms with van der Waals surface area (Å²) in [4.78, 5) is 8.54. The van der Waals surface area contributed by atoms with Crippen LogP contribution in [0.2, 0.25) is 0 Å². The second-order valence-corrected chi connectivity index (χ2v) is 3.93. The molecule has 0 saturated carbocycles. The van der Waals surface area contributed by atoms with E-state index in [9.17, 15) is 0 Å². The van der Waals surface area contributed by atoms with E-state index in [0.717, 1.165) is 23.6 Å². The van der Waals surface area contributed by atoms with Crippen molar-refractivity contribution in [2.24, 2.45) is 0 Å². The van der Waals surface area contributed by atoms with Crippen LogP contribution >= 0.6 is 0 Å². The molecule has 1 unspecified atom stereocenters. The van der Waals surface area contributed by atoms with Gasteiger partial charge in [-0.15, -0.1) is 0 Å². The highest BCUT2D eigenvalue weighted by Gasteiger charge is 2.21. The van der Waals surface area contributed by atoms with Crippen LogP contribution in [0.1, 0.15) is 30.0 Å². The molecule has 2 rings (SSSR count). The van der Waals surface area contributed by atoms with Gasteiger partial charge in [-0.25, -0.2) is 4.98 Å². The molecule has 0 aliphatic carbocycles. The second-order valence-electron chi connectivity index (χ2n) is 3.93. The third-order valence-corrected chi connectivity index (χ3v) is 2.65. The average molecular weight is 247 g/mol. The number of nitrogens with one attached hydrogen (secondary N) is 1. The molecule has 96 valence electrons. The normalized spacial score (nSPS) is 12.4. The number of hydrogen-bond acceptors (Lipinski definition) is 5. The fraction of sp³-hybridized carbons (Fsp3) is 0.385. The molecule has 0 aliphatic heterocycles. The molecule has 0 amide bonds. The number of aromatic nitrogens is 2. The van der Waals surface area contributed by atoms with Crippen LogP contribution in [-0.4, -0.2) is 23.6 Å². The van der Waals surface area contributed by atoms with Gasteiger partial charge in [0.05, 0.1) is 19.4 Å². The molecule has 0 aliphatic rings. The van der Waals surface area contributed by atoms with Crippen LogP contribution in [0, 0.1) is 6.92 Å². The van der Waals surface area contributed by atoms with E-state index >= 15 is 0 Å². The maximum atomic E-state index is 5.36. The summed E-state index contributed by atoms with van der Waals surface area (Å²) in [7, 11) is 1.59. The maximum absolute atomic E-state index is 5.36. The molecule has 2 aromatic rings. The van der Waals surface area contributed by atoms with Crippen molar-refractivity contribution in [1.82, 2.24) is 15.3 Å². The number of aryl methyl sites for hydroxylation is 1. The predicted molar refractivity (Wildman–Crippen MR) is 67.5 cm³/mol. The molecule has 2 aromatic heterocycles. The van der Waals surface area contributed by atoms with Crippen LogP contribution < -0.4 is 10.1 Å². The van der Waals surface area contributed by atoms with E-state index in [4.69, 9.17) is 9.15 Å². The van der Waals surface area contributed by atoms with E-state index in [1.54, 1.807) is 25.8 Å². The fourth-order valence-corrected chi connectivity index (χ4v) is 1.88. The fourth-order valence-electron chi connectivity index (χ4n) is 1.88. The Kier molecular flexibility index (Phi) is 3.94. The van der Waals surface area contributed by atoms with Gasteiger partial charge in [0, 0.05) is 18.0 Å². The zero-order valence-corrected chi connectivity index (χ0v) is 10.8. The average Bonchev–Trinajstić information content (AvgIpc) is 2.82. The monoisotopic (exact) mass is 247 g/mol. The van der Waals surface area contributed by atoms with Crippen molar-refractivity contribution in [3.8, 4) is 5.88 Å². The third kappa shape index (κ3) is 2.51. The Morgan fingerprint density at radius 2 is 2.17 bits per heavy atom. The Labute approximate surface area is 106 Å². The molecule has 0 spiro atoms. The molecule has 18 heavy (non-hydrogen) atoms. The molecule has 5 nitrogen and oxygen atoms in total. The highest BCUT2D eigenvalue weighted by Crippen LogP contribution is 2.27. The number of hydrogen-bond donors (Lipinski definition) is 1. The third-order valence-electron chi connectivity index (χ3n) is 2.65. The summed E-state index contributed by atoms with van der Waals surface area (Å²) < 4.78 is 10.6. The minimum absolute atomic E-state index is 0.0731. The van der Waals surface area contributed by atoms with Crippen molar-refractivity contribution >= 4 is 0 Å². The van der Waals surface area contributed by atoms with Gasteiger partial charge in [0.25, 0.3) is 0 Å². The van der Waals surface area contributed by atoms with Gasteiger partial charge in [0.1, 0.15) is 11.5 Å². The summed E-state index contributed by atoms with van der Waals surface area (Å²) in [5.41, 5.74) is 1.79. The second kappa shape index (κ2) is 5.64. The lowest BCUT2D eigenvalue weighted by atomic mass is 10.1. The van der Waals surface area contributed by atoms with E-state index in [0.29, 0.717) is 5.88 Å². The first-order valence-corrected chi connectivity index (χ1v) is 5.89. The first kappa shape index (κ1) is 12.6. The van der Waals surface area contributed by atoms with Gasteiger partial charge >= 0.3 is 0 Å². The van der Waals surface area contributed by atoms with Crippen molar-refractivity contribution in [2.75, 3.05) is 13.7 Å². The van der Waals surface area contributed by atoms with Crippen molar-refractivity contribution < 1.29 is 9.15 Å². The molecule has 0 saturated heterocycles. The first-order valence-electron chi connectivity index (χ1n) is 5.89. The minimum atomic E-state index is -0.0731. The van der Waals surface area contributed by atoms with Gasteiger partial charge in [-0.3, -0.25) is 4.98 Å². The Hall–Kier alpha value is -1.88. The summed E-state index contributed by atoms with van der Waals surface area (Å²) in [6.45, 7) is 4.78. The molecule has 1 atom stereocenters. The van der Waals surface area contributed by atoms with Crippen LogP contribution in [0.15, 0.2) is 29.1 Å². The number of methoxy groups -OCH3 is 1. The molecule has 0 bridgehead atoms. The van der Waals surface area contributed by atoms with Crippen LogP contribution in [0.5, 0.6) is 5.88 Å². The number of furan rings is 1. The number of rotatable bonds is 5. The molecule has 1 N–H and O–H groups in total. The van der Waals surface area contributed by atoms with Crippen LogP contribution in [-0.2, 0) is 0 Å². The SMILES string of the molecule is CCNC(c1coc(C)c1)c1nccnc1OC. The highest BCUT2D eigenvalue weighted by molar-refractivity contribution is 5.31.